The van der Waals surface area contributed by atoms with Gasteiger partial charge in [0, 0.05) is 24.5 Å². The number of aliphatic hydroxyl groups is 1. The van der Waals surface area contributed by atoms with Gasteiger partial charge in [-0.25, -0.2) is 4.98 Å². The molecule has 8 heteroatoms. The predicted octanol–water partition coefficient (Wildman–Crippen LogP) is 5.09. The van der Waals surface area contributed by atoms with E-state index in [2.05, 4.69) is 23.7 Å². The average Bonchev–Trinajstić information content (AvgIpc) is 3.30. The van der Waals surface area contributed by atoms with Gasteiger partial charge in [0.05, 0.1) is 27.2 Å². The SMILES string of the molecule is CCN(CC)c1ccc(N2C(=O)C(O)=C(C(=O)c3sc(C)nc3C)C2c2cccc(O)c2)cc1. The number of aromatic hydroxyl groups is 1. The maximum atomic E-state index is 13.6. The molecule has 0 saturated heterocycles. The van der Waals surface area contributed by atoms with E-state index in [0.717, 1.165) is 23.8 Å². The molecule has 0 saturated carbocycles. The van der Waals surface area contributed by atoms with E-state index in [-0.39, 0.29) is 11.3 Å². The Bertz CT molecular complexity index is 1280. The van der Waals surface area contributed by atoms with Crippen molar-refractivity contribution < 1.29 is 19.8 Å². The van der Waals surface area contributed by atoms with Crippen molar-refractivity contribution in [2.75, 3.05) is 22.9 Å². The third-order valence-electron chi connectivity index (χ3n) is 6.00. The number of aliphatic hydroxyl groups excluding tert-OH is 1. The highest BCUT2D eigenvalue weighted by Gasteiger charge is 2.45. The number of rotatable bonds is 7. The second kappa shape index (κ2) is 9.30. The molecular weight excluding hydrogens is 450 g/mol. The van der Waals surface area contributed by atoms with Crippen molar-refractivity contribution in [3.05, 3.63) is 81.0 Å². The molecule has 1 aromatic heterocycles. The number of amides is 1. The van der Waals surface area contributed by atoms with Crippen LogP contribution >= 0.6 is 11.3 Å². The first-order valence-corrected chi connectivity index (χ1v) is 12.0. The number of benzene rings is 2. The Morgan fingerprint density at radius 3 is 2.32 bits per heavy atom. The van der Waals surface area contributed by atoms with Crippen LogP contribution in [0, 0.1) is 13.8 Å². The van der Waals surface area contributed by atoms with Crippen molar-refractivity contribution in [2.24, 2.45) is 0 Å². The third kappa shape index (κ3) is 4.05. The Hall–Kier alpha value is -3.65. The van der Waals surface area contributed by atoms with Gasteiger partial charge < -0.3 is 15.1 Å². The fourth-order valence-corrected chi connectivity index (χ4v) is 5.26. The van der Waals surface area contributed by atoms with Crippen LogP contribution in [0.2, 0.25) is 0 Å². The zero-order valence-corrected chi connectivity index (χ0v) is 20.4. The molecule has 2 heterocycles. The quantitative estimate of drug-likeness (QED) is 0.460. The van der Waals surface area contributed by atoms with Crippen molar-refractivity contribution in [3.8, 4) is 5.75 Å². The van der Waals surface area contributed by atoms with E-state index in [1.54, 1.807) is 26.0 Å². The zero-order valence-electron chi connectivity index (χ0n) is 19.6. The molecule has 0 bridgehead atoms. The third-order valence-corrected chi connectivity index (χ3v) is 7.08. The molecule has 4 rings (SSSR count). The molecule has 176 valence electrons. The van der Waals surface area contributed by atoms with Crippen LogP contribution in [0.15, 0.2) is 59.9 Å². The van der Waals surface area contributed by atoms with Crippen LogP contribution in [-0.2, 0) is 4.79 Å². The van der Waals surface area contributed by atoms with Crippen molar-refractivity contribution in [1.29, 1.82) is 0 Å². The van der Waals surface area contributed by atoms with Gasteiger partial charge in [-0.2, -0.15) is 0 Å². The van der Waals surface area contributed by atoms with Gasteiger partial charge in [0.1, 0.15) is 5.75 Å². The van der Waals surface area contributed by atoms with Gasteiger partial charge in [0.25, 0.3) is 5.91 Å². The second-order valence-electron chi connectivity index (χ2n) is 8.10. The highest BCUT2D eigenvalue weighted by molar-refractivity contribution is 7.14. The molecule has 1 aliphatic rings. The molecule has 0 aliphatic carbocycles. The van der Waals surface area contributed by atoms with Crippen molar-refractivity contribution in [3.63, 3.8) is 0 Å². The first-order valence-electron chi connectivity index (χ1n) is 11.2. The number of aryl methyl sites for hydroxylation is 2. The summed E-state index contributed by atoms with van der Waals surface area (Å²) in [6.07, 6.45) is 0. The predicted molar refractivity (Wildman–Crippen MR) is 134 cm³/mol. The number of aromatic nitrogens is 1. The maximum Gasteiger partial charge on any atom is 0.294 e. The van der Waals surface area contributed by atoms with E-state index in [1.165, 1.54) is 28.4 Å². The lowest BCUT2D eigenvalue weighted by atomic mass is 9.94. The van der Waals surface area contributed by atoms with Gasteiger partial charge in [-0.15, -0.1) is 11.3 Å². The van der Waals surface area contributed by atoms with Gasteiger partial charge in [0.15, 0.2) is 5.76 Å². The fourth-order valence-electron chi connectivity index (χ4n) is 4.39. The number of hydrogen-bond donors (Lipinski definition) is 2. The van der Waals surface area contributed by atoms with E-state index in [9.17, 15) is 19.8 Å². The van der Waals surface area contributed by atoms with Crippen molar-refractivity contribution in [2.45, 2.75) is 33.7 Å². The Morgan fingerprint density at radius 1 is 1.09 bits per heavy atom. The Kier molecular flexibility index (Phi) is 6.43. The van der Waals surface area contributed by atoms with Crippen LogP contribution in [0.4, 0.5) is 11.4 Å². The van der Waals surface area contributed by atoms with Crippen LogP contribution in [0.5, 0.6) is 5.75 Å². The Morgan fingerprint density at radius 2 is 1.76 bits per heavy atom. The summed E-state index contributed by atoms with van der Waals surface area (Å²) in [6.45, 7) is 9.37. The smallest absolute Gasteiger partial charge is 0.294 e. The highest BCUT2D eigenvalue weighted by Crippen LogP contribution is 2.43. The van der Waals surface area contributed by atoms with Crippen molar-refractivity contribution >= 4 is 34.4 Å². The Labute approximate surface area is 202 Å². The molecule has 1 amide bonds. The summed E-state index contributed by atoms with van der Waals surface area (Å²) in [5, 5.41) is 21.8. The second-order valence-corrected chi connectivity index (χ2v) is 9.30. The Balaban J connectivity index is 1.83. The highest BCUT2D eigenvalue weighted by atomic mass is 32.1. The van der Waals surface area contributed by atoms with E-state index in [1.807, 2.05) is 24.3 Å². The summed E-state index contributed by atoms with van der Waals surface area (Å²) >= 11 is 1.23. The van der Waals surface area contributed by atoms with Gasteiger partial charge >= 0.3 is 0 Å². The van der Waals surface area contributed by atoms with Crippen molar-refractivity contribution in [1.82, 2.24) is 4.98 Å². The first kappa shape index (κ1) is 23.5. The molecule has 1 unspecified atom stereocenters. The monoisotopic (exact) mass is 477 g/mol. The first-order chi connectivity index (χ1) is 16.3. The van der Waals surface area contributed by atoms with Crippen LogP contribution in [0.3, 0.4) is 0 Å². The summed E-state index contributed by atoms with van der Waals surface area (Å²) in [5.74, 6) is -1.68. The summed E-state index contributed by atoms with van der Waals surface area (Å²) in [7, 11) is 0. The number of phenols is 1. The van der Waals surface area contributed by atoms with E-state index < -0.39 is 23.5 Å². The van der Waals surface area contributed by atoms with Crippen LogP contribution in [-0.4, -0.2) is 40.0 Å². The van der Waals surface area contributed by atoms with Gasteiger partial charge in [-0.05, 0) is 69.7 Å². The molecule has 2 N–H and O–H groups in total. The lowest BCUT2D eigenvalue weighted by molar-refractivity contribution is -0.117. The number of anilines is 2. The summed E-state index contributed by atoms with van der Waals surface area (Å²) in [4.78, 5) is 35.2. The number of nitrogens with zero attached hydrogens (tertiary/aromatic N) is 3. The molecular formula is C26H27N3O4S. The lowest BCUT2D eigenvalue weighted by Crippen LogP contribution is -2.31. The average molecular weight is 478 g/mol. The van der Waals surface area contributed by atoms with Crippen LogP contribution in [0.25, 0.3) is 0 Å². The maximum absolute atomic E-state index is 13.6. The summed E-state index contributed by atoms with van der Waals surface area (Å²) in [6, 6.07) is 13.0. The topological polar surface area (TPSA) is 94.0 Å². The van der Waals surface area contributed by atoms with E-state index in [4.69, 9.17) is 0 Å². The standard InChI is InChI=1S/C26H27N3O4S/c1-5-28(6-2)18-10-12-19(13-11-18)29-22(17-8-7-9-20(30)14-17)21(24(32)26(29)33)23(31)25-15(3)27-16(4)34-25/h7-14,22,30,32H,5-6H2,1-4H3. The molecule has 0 fully saturated rings. The molecule has 34 heavy (non-hydrogen) atoms. The molecule has 2 aromatic carbocycles. The molecule has 3 aromatic rings. The number of carbonyl (C=O) groups excluding carboxylic acids is 2. The number of Topliss-reactive ketones (excluding diaryl/α,β-unsaturated/α-hetero) is 1. The molecule has 7 nitrogen and oxygen atoms in total. The van der Waals surface area contributed by atoms with Crippen LogP contribution in [0.1, 0.15) is 45.8 Å². The molecule has 0 radical (unpaired) electrons. The number of ketones is 1. The fraction of sp³-hybridized carbons (Fsp3) is 0.269. The number of thiazole rings is 1. The molecule has 0 spiro atoms. The van der Waals surface area contributed by atoms with E-state index >= 15 is 0 Å². The molecule has 1 atom stereocenters. The minimum Gasteiger partial charge on any atom is -0.508 e. The van der Waals surface area contributed by atoms with Crippen LogP contribution < -0.4 is 9.80 Å². The van der Waals surface area contributed by atoms with E-state index in [0.29, 0.717) is 21.8 Å². The van der Waals surface area contributed by atoms with Gasteiger partial charge in [0.2, 0.25) is 5.78 Å². The molecule has 1 aliphatic heterocycles. The minimum atomic E-state index is -0.895. The number of carbonyl (C=O) groups is 2. The zero-order chi connectivity index (χ0) is 24.6. The van der Waals surface area contributed by atoms with Gasteiger partial charge in [-0.3, -0.25) is 14.5 Å². The normalized spacial score (nSPS) is 15.8. The number of phenolic OH excluding ortho intramolecular Hbond substituents is 1. The largest absolute Gasteiger partial charge is 0.508 e. The summed E-state index contributed by atoms with van der Waals surface area (Å²) < 4.78 is 0. The van der Waals surface area contributed by atoms with Gasteiger partial charge in [-0.1, -0.05) is 12.1 Å². The lowest BCUT2D eigenvalue weighted by Gasteiger charge is -2.28. The minimum absolute atomic E-state index is 0.00443. The summed E-state index contributed by atoms with van der Waals surface area (Å²) in [5.41, 5.74) is 2.61. The number of hydrogen-bond acceptors (Lipinski definition) is 7.